The van der Waals surface area contributed by atoms with E-state index in [1.807, 2.05) is 32.7 Å². The molecule has 0 bridgehead atoms. The molecule has 0 aromatic carbocycles. The average molecular weight is 405 g/mol. The van der Waals surface area contributed by atoms with Crippen LogP contribution >= 0.6 is 22.7 Å². The number of aromatic nitrogens is 1. The third-order valence-electron chi connectivity index (χ3n) is 5.15. The number of hydrogen-bond acceptors (Lipinski definition) is 6. The van der Waals surface area contributed by atoms with Crippen LogP contribution in [0.2, 0.25) is 0 Å². The number of thiophene rings is 1. The fourth-order valence-corrected chi connectivity index (χ4v) is 5.25. The molecule has 0 radical (unpaired) electrons. The summed E-state index contributed by atoms with van der Waals surface area (Å²) in [6.45, 7) is 5.24. The standard InChI is InChI=1S/C19H24N4O2S2/c24-17(22-7-1-2-8-22)13-21-6-4-9-23(11-10-21)19(25)15-14-27-18(20-15)16-5-3-12-26-16/h3,5,12,14H,1-2,4,6-11,13H2. The summed E-state index contributed by atoms with van der Waals surface area (Å²) in [4.78, 5) is 36.9. The molecule has 27 heavy (non-hydrogen) atoms. The van der Waals surface area contributed by atoms with E-state index in [0.717, 1.165) is 61.9 Å². The zero-order chi connectivity index (χ0) is 18.6. The van der Waals surface area contributed by atoms with Gasteiger partial charge in [-0.25, -0.2) is 4.98 Å². The molecule has 0 N–H and O–H groups in total. The second-order valence-corrected chi connectivity index (χ2v) is 8.83. The molecule has 6 nitrogen and oxygen atoms in total. The molecular formula is C19H24N4O2S2. The number of carbonyl (C=O) groups excluding carboxylic acids is 2. The van der Waals surface area contributed by atoms with Crippen LogP contribution in [0.25, 0.3) is 9.88 Å². The minimum Gasteiger partial charge on any atom is -0.342 e. The third kappa shape index (κ3) is 4.39. The summed E-state index contributed by atoms with van der Waals surface area (Å²) in [6.07, 6.45) is 3.13. The van der Waals surface area contributed by atoms with Crippen molar-refractivity contribution in [2.45, 2.75) is 19.3 Å². The van der Waals surface area contributed by atoms with Gasteiger partial charge >= 0.3 is 0 Å². The van der Waals surface area contributed by atoms with Crippen LogP contribution in [0.15, 0.2) is 22.9 Å². The SMILES string of the molecule is O=C(CN1CCCN(C(=O)c2csc(-c3cccs3)n2)CC1)N1CCCC1. The number of hydrogen-bond donors (Lipinski definition) is 0. The van der Waals surface area contributed by atoms with Gasteiger partial charge in [0.05, 0.1) is 11.4 Å². The minimum absolute atomic E-state index is 0.00164. The van der Waals surface area contributed by atoms with Gasteiger partial charge in [0, 0.05) is 44.6 Å². The molecule has 2 aliphatic heterocycles. The number of amides is 2. The van der Waals surface area contributed by atoms with Gasteiger partial charge in [0.1, 0.15) is 10.7 Å². The zero-order valence-electron chi connectivity index (χ0n) is 15.3. The zero-order valence-corrected chi connectivity index (χ0v) is 16.9. The highest BCUT2D eigenvalue weighted by molar-refractivity contribution is 7.20. The molecule has 2 amide bonds. The maximum Gasteiger partial charge on any atom is 0.273 e. The summed E-state index contributed by atoms with van der Waals surface area (Å²) in [5.41, 5.74) is 0.532. The lowest BCUT2D eigenvalue weighted by Gasteiger charge is -2.23. The molecule has 2 saturated heterocycles. The second kappa shape index (κ2) is 8.50. The maximum atomic E-state index is 12.9. The summed E-state index contributed by atoms with van der Waals surface area (Å²) < 4.78 is 0. The molecule has 0 unspecified atom stereocenters. The molecule has 8 heteroatoms. The molecule has 4 rings (SSSR count). The fourth-order valence-electron chi connectivity index (χ4n) is 3.64. The Morgan fingerprint density at radius 3 is 2.56 bits per heavy atom. The van der Waals surface area contributed by atoms with E-state index in [1.54, 1.807) is 11.3 Å². The molecule has 144 valence electrons. The van der Waals surface area contributed by atoms with Gasteiger partial charge < -0.3 is 9.80 Å². The quantitative estimate of drug-likeness (QED) is 0.786. The normalized spacial score (nSPS) is 18.7. The van der Waals surface area contributed by atoms with Crippen molar-refractivity contribution in [1.29, 1.82) is 0 Å². The number of likely N-dealkylation sites (tertiary alicyclic amines) is 1. The highest BCUT2D eigenvalue weighted by Crippen LogP contribution is 2.28. The predicted molar refractivity (Wildman–Crippen MR) is 108 cm³/mol. The number of rotatable bonds is 4. The van der Waals surface area contributed by atoms with Gasteiger partial charge in [-0.2, -0.15) is 0 Å². The highest BCUT2D eigenvalue weighted by atomic mass is 32.1. The molecule has 0 aliphatic carbocycles. The van der Waals surface area contributed by atoms with Crippen molar-refractivity contribution in [3.8, 4) is 9.88 Å². The Morgan fingerprint density at radius 1 is 0.963 bits per heavy atom. The topological polar surface area (TPSA) is 56.8 Å². The third-order valence-corrected chi connectivity index (χ3v) is 7.03. The summed E-state index contributed by atoms with van der Waals surface area (Å²) in [7, 11) is 0. The van der Waals surface area contributed by atoms with Crippen LogP contribution in [0.5, 0.6) is 0 Å². The smallest absolute Gasteiger partial charge is 0.273 e. The van der Waals surface area contributed by atoms with Gasteiger partial charge in [-0.1, -0.05) is 6.07 Å². The van der Waals surface area contributed by atoms with E-state index in [-0.39, 0.29) is 11.8 Å². The van der Waals surface area contributed by atoms with Crippen molar-refractivity contribution in [3.63, 3.8) is 0 Å². The van der Waals surface area contributed by atoms with Crippen LogP contribution in [-0.4, -0.2) is 77.3 Å². The molecule has 2 aromatic heterocycles. The number of thiazole rings is 1. The van der Waals surface area contributed by atoms with E-state index in [0.29, 0.717) is 18.8 Å². The van der Waals surface area contributed by atoms with E-state index in [4.69, 9.17) is 0 Å². The Morgan fingerprint density at radius 2 is 1.78 bits per heavy atom. The van der Waals surface area contributed by atoms with Crippen molar-refractivity contribution in [2.75, 3.05) is 45.8 Å². The largest absolute Gasteiger partial charge is 0.342 e. The van der Waals surface area contributed by atoms with Crippen LogP contribution in [0.3, 0.4) is 0 Å². The van der Waals surface area contributed by atoms with Crippen molar-refractivity contribution in [1.82, 2.24) is 19.7 Å². The van der Waals surface area contributed by atoms with Crippen LogP contribution < -0.4 is 0 Å². The first-order valence-electron chi connectivity index (χ1n) is 9.49. The maximum absolute atomic E-state index is 12.9. The van der Waals surface area contributed by atoms with Crippen LogP contribution in [0.4, 0.5) is 0 Å². The molecule has 0 saturated carbocycles. The Kier molecular flexibility index (Phi) is 5.85. The Labute approximate surface area is 167 Å². The monoisotopic (exact) mass is 404 g/mol. The number of nitrogens with zero attached hydrogens (tertiary/aromatic N) is 4. The minimum atomic E-state index is 0.00164. The molecule has 0 atom stereocenters. The fraction of sp³-hybridized carbons (Fsp3) is 0.526. The van der Waals surface area contributed by atoms with E-state index in [2.05, 4.69) is 9.88 Å². The average Bonchev–Trinajstić information content (AvgIpc) is 3.42. The van der Waals surface area contributed by atoms with Crippen LogP contribution in [0, 0.1) is 0 Å². The van der Waals surface area contributed by atoms with Gasteiger partial charge in [0.15, 0.2) is 0 Å². The predicted octanol–water partition coefficient (Wildman–Crippen LogP) is 2.64. The van der Waals surface area contributed by atoms with E-state index >= 15 is 0 Å². The van der Waals surface area contributed by atoms with Gasteiger partial charge in [0.25, 0.3) is 5.91 Å². The van der Waals surface area contributed by atoms with Crippen LogP contribution in [0.1, 0.15) is 29.8 Å². The van der Waals surface area contributed by atoms with E-state index in [9.17, 15) is 9.59 Å². The molecule has 2 aliphatic rings. The molecular weight excluding hydrogens is 380 g/mol. The lowest BCUT2D eigenvalue weighted by molar-refractivity contribution is -0.131. The van der Waals surface area contributed by atoms with Crippen molar-refractivity contribution in [3.05, 3.63) is 28.6 Å². The van der Waals surface area contributed by atoms with Gasteiger partial charge in [0.2, 0.25) is 5.91 Å². The Balaban J connectivity index is 1.33. The first-order chi connectivity index (χ1) is 13.2. The summed E-state index contributed by atoms with van der Waals surface area (Å²) in [5, 5.41) is 4.78. The summed E-state index contributed by atoms with van der Waals surface area (Å²) in [5.74, 6) is 0.231. The summed E-state index contributed by atoms with van der Waals surface area (Å²) >= 11 is 3.16. The number of carbonyl (C=O) groups is 2. The van der Waals surface area contributed by atoms with Crippen molar-refractivity contribution >= 4 is 34.5 Å². The Hall–Kier alpha value is -1.77. The highest BCUT2D eigenvalue weighted by Gasteiger charge is 2.25. The van der Waals surface area contributed by atoms with Gasteiger partial charge in [-0.05, 0) is 30.7 Å². The van der Waals surface area contributed by atoms with E-state index in [1.165, 1.54) is 11.3 Å². The first-order valence-corrected chi connectivity index (χ1v) is 11.3. The molecule has 0 spiro atoms. The van der Waals surface area contributed by atoms with E-state index < -0.39 is 0 Å². The lowest BCUT2D eigenvalue weighted by atomic mass is 10.3. The van der Waals surface area contributed by atoms with Gasteiger partial charge in [-0.3, -0.25) is 14.5 Å². The second-order valence-electron chi connectivity index (χ2n) is 7.02. The van der Waals surface area contributed by atoms with Gasteiger partial charge in [-0.15, -0.1) is 22.7 Å². The lowest BCUT2D eigenvalue weighted by Crippen LogP contribution is -2.41. The first kappa shape index (κ1) is 18.6. The Bertz CT molecular complexity index is 783. The molecule has 2 aromatic rings. The van der Waals surface area contributed by atoms with Crippen molar-refractivity contribution in [2.24, 2.45) is 0 Å². The van der Waals surface area contributed by atoms with Crippen LogP contribution in [-0.2, 0) is 4.79 Å². The molecule has 4 heterocycles. The molecule has 2 fully saturated rings. The summed E-state index contributed by atoms with van der Waals surface area (Å²) in [6, 6.07) is 4.02. The van der Waals surface area contributed by atoms with Crippen molar-refractivity contribution < 1.29 is 9.59 Å².